The van der Waals surface area contributed by atoms with E-state index in [4.69, 9.17) is 0 Å². The Labute approximate surface area is 144 Å². The SMILES string of the molecule is c1ccc(-n2c3[n+](c4cn5cnccc5c42)Cc2ccccc2-3)cc1. The second kappa shape index (κ2) is 4.57. The second-order valence-electron chi connectivity index (χ2n) is 6.47. The molecule has 25 heavy (non-hydrogen) atoms. The number of fused-ring (bicyclic) bond motifs is 7. The van der Waals surface area contributed by atoms with E-state index in [1.165, 1.54) is 39.2 Å². The summed E-state index contributed by atoms with van der Waals surface area (Å²) in [4.78, 5) is 4.27. The summed E-state index contributed by atoms with van der Waals surface area (Å²) in [5, 5.41) is 0. The van der Waals surface area contributed by atoms with Crippen molar-refractivity contribution >= 4 is 16.6 Å². The van der Waals surface area contributed by atoms with Crippen LogP contribution in [0.3, 0.4) is 0 Å². The van der Waals surface area contributed by atoms with Gasteiger partial charge in [-0.25, -0.2) is 9.55 Å². The zero-order chi connectivity index (χ0) is 16.4. The molecule has 118 valence electrons. The third-order valence-corrected chi connectivity index (χ3v) is 5.12. The molecular formula is C21H15N4+. The first-order chi connectivity index (χ1) is 12.4. The van der Waals surface area contributed by atoms with Crippen molar-refractivity contribution in [3.05, 3.63) is 84.9 Å². The summed E-state index contributed by atoms with van der Waals surface area (Å²) in [7, 11) is 0. The highest BCUT2D eigenvalue weighted by atomic mass is 15.2. The Bertz CT molecular complexity index is 1260. The molecule has 0 spiro atoms. The molecule has 2 aromatic carbocycles. The summed E-state index contributed by atoms with van der Waals surface area (Å²) in [5.74, 6) is 1.26. The highest BCUT2D eigenvalue weighted by Crippen LogP contribution is 2.35. The summed E-state index contributed by atoms with van der Waals surface area (Å²) in [5.41, 5.74) is 7.52. The van der Waals surface area contributed by atoms with Crippen LogP contribution in [-0.2, 0) is 6.54 Å². The largest absolute Gasteiger partial charge is 0.299 e. The Balaban J connectivity index is 1.84. The van der Waals surface area contributed by atoms with E-state index in [0.29, 0.717) is 0 Å². The van der Waals surface area contributed by atoms with E-state index in [9.17, 15) is 0 Å². The summed E-state index contributed by atoms with van der Waals surface area (Å²) in [6.07, 6.45) is 5.92. The molecule has 1 aliphatic heterocycles. The first-order valence-electron chi connectivity index (χ1n) is 8.44. The molecule has 4 heterocycles. The molecule has 0 saturated carbocycles. The lowest BCUT2D eigenvalue weighted by Gasteiger charge is -2.02. The van der Waals surface area contributed by atoms with E-state index in [1.807, 2.05) is 12.5 Å². The topological polar surface area (TPSA) is 26.1 Å². The highest BCUT2D eigenvalue weighted by molar-refractivity contribution is 5.94. The predicted octanol–water partition coefficient (Wildman–Crippen LogP) is 3.59. The van der Waals surface area contributed by atoms with Gasteiger partial charge in [0.25, 0.3) is 5.82 Å². The average molecular weight is 323 g/mol. The Morgan fingerprint density at radius 3 is 2.68 bits per heavy atom. The Hall–Kier alpha value is -3.40. The molecule has 0 N–H and O–H groups in total. The molecule has 0 fully saturated rings. The van der Waals surface area contributed by atoms with Crippen LogP contribution >= 0.6 is 0 Å². The average Bonchev–Trinajstić information content (AvgIpc) is 3.30. The molecular weight excluding hydrogens is 308 g/mol. The van der Waals surface area contributed by atoms with Crippen LogP contribution in [0, 0.1) is 0 Å². The van der Waals surface area contributed by atoms with Gasteiger partial charge in [-0.2, -0.15) is 4.57 Å². The van der Waals surface area contributed by atoms with Crippen molar-refractivity contribution in [1.29, 1.82) is 0 Å². The number of rotatable bonds is 1. The van der Waals surface area contributed by atoms with E-state index < -0.39 is 0 Å². The number of aromatic nitrogens is 4. The maximum atomic E-state index is 4.27. The molecule has 5 aromatic rings. The van der Waals surface area contributed by atoms with Gasteiger partial charge in [-0.15, -0.1) is 0 Å². The summed E-state index contributed by atoms with van der Waals surface area (Å²) >= 11 is 0. The molecule has 4 nitrogen and oxygen atoms in total. The van der Waals surface area contributed by atoms with Crippen molar-refractivity contribution in [3.63, 3.8) is 0 Å². The highest BCUT2D eigenvalue weighted by Gasteiger charge is 2.36. The van der Waals surface area contributed by atoms with Gasteiger partial charge in [0.15, 0.2) is 5.52 Å². The zero-order valence-corrected chi connectivity index (χ0v) is 13.5. The van der Waals surface area contributed by atoms with Gasteiger partial charge in [-0.05, 0) is 24.3 Å². The third kappa shape index (κ3) is 1.61. The maximum absolute atomic E-state index is 4.27. The standard InChI is InChI=1S/C21H15N4/c1-2-7-16(8-3-1)25-20-18-10-11-22-14-23(18)13-19(20)24-12-15-6-4-5-9-17(15)21(24)25/h1-11,13-14H,12H2/q+1. The van der Waals surface area contributed by atoms with Crippen LogP contribution in [0.25, 0.3) is 33.6 Å². The Morgan fingerprint density at radius 1 is 0.920 bits per heavy atom. The van der Waals surface area contributed by atoms with Gasteiger partial charge < -0.3 is 0 Å². The summed E-state index contributed by atoms with van der Waals surface area (Å²) < 4.78 is 6.91. The van der Waals surface area contributed by atoms with Gasteiger partial charge in [0.05, 0.1) is 18.1 Å². The predicted molar refractivity (Wildman–Crippen MR) is 96.8 cm³/mol. The van der Waals surface area contributed by atoms with Crippen molar-refractivity contribution in [2.75, 3.05) is 0 Å². The number of hydrogen-bond donors (Lipinski definition) is 0. The molecule has 0 atom stereocenters. The van der Waals surface area contributed by atoms with E-state index in [2.05, 4.69) is 85.4 Å². The van der Waals surface area contributed by atoms with Crippen LogP contribution in [0.5, 0.6) is 0 Å². The van der Waals surface area contributed by atoms with E-state index >= 15 is 0 Å². The third-order valence-electron chi connectivity index (χ3n) is 5.12. The molecule has 3 aromatic heterocycles. The number of para-hydroxylation sites is 1. The number of hydrogen-bond acceptors (Lipinski definition) is 1. The maximum Gasteiger partial charge on any atom is 0.295 e. The summed E-state index contributed by atoms with van der Waals surface area (Å²) in [6, 6.07) is 21.4. The van der Waals surface area contributed by atoms with Gasteiger partial charge >= 0.3 is 0 Å². The fourth-order valence-electron chi connectivity index (χ4n) is 4.07. The first-order valence-corrected chi connectivity index (χ1v) is 8.44. The Morgan fingerprint density at radius 2 is 1.76 bits per heavy atom. The van der Waals surface area contributed by atoms with E-state index in [0.717, 1.165) is 6.54 Å². The van der Waals surface area contributed by atoms with Gasteiger partial charge in [0.2, 0.25) is 5.52 Å². The molecule has 0 bridgehead atoms. The smallest absolute Gasteiger partial charge is 0.295 e. The van der Waals surface area contributed by atoms with E-state index in [1.54, 1.807) is 0 Å². The minimum absolute atomic E-state index is 0.909. The van der Waals surface area contributed by atoms with Crippen LogP contribution in [-0.4, -0.2) is 14.0 Å². The zero-order valence-electron chi connectivity index (χ0n) is 13.5. The minimum Gasteiger partial charge on any atom is -0.299 e. The second-order valence-corrected chi connectivity index (χ2v) is 6.47. The van der Waals surface area contributed by atoms with Gasteiger partial charge in [0, 0.05) is 11.8 Å². The quantitative estimate of drug-likeness (QED) is 0.425. The van der Waals surface area contributed by atoms with E-state index in [-0.39, 0.29) is 0 Å². The van der Waals surface area contributed by atoms with Crippen molar-refractivity contribution in [3.8, 4) is 17.1 Å². The number of imidazole rings is 1. The van der Waals surface area contributed by atoms with Crippen LogP contribution in [0.4, 0.5) is 0 Å². The van der Waals surface area contributed by atoms with Crippen molar-refractivity contribution < 1.29 is 4.57 Å². The van der Waals surface area contributed by atoms with Gasteiger partial charge in [0.1, 0.15) is 17.7 Å². The molecule has 0 radical (unpaired) electrons. The molecule has 1 aliphatic rings. The lowest BCUT2D eigenvalue weighted by atomic mass is 10.1. The molecule has 0 unspecified atom stereocenters. The Kier molecular flexibility index (Phi) is 2.37. The normalized spacial score (nSPS) is 12.6. The lowest BCUT2D eigenvalue weighted by Crippen LogP contribution is -2.31. The molecule has 4 heteroatoms. The van der Waals surface area contributed by atoms with Crippen molar-refractivity contribution in [2.24, 2.45) is 0 Å². The van der Waals surface area contributed by atoms with Crippen LogP contribution in [0.1, 0.15) is 5.56 Å². The van der Waals surface area contributed by atoms with Crippen molar-refractivity contribution in [1.82, 2.24) is 14.0 Å². The van der Waals surface area contributed by atoms with Gasteiger partial charge in [-0.3, -0.25) is 4.40 Å². The summed E-state index contributed by atoms with van der Waals surface area (Å²) in [6.45, 7) is 0.909. The van der Waals surface area contributed by atoms with Crippen LogP contribution in [0.2, 0.25) is 0 Å². The lowest BCUT2D eigenvalue weighted by molar-refractivity contribution is -0.645. The van der Waals surface area contributed by atoms with Crippen LogP contribution in [0.15, 0.2) is 79.4 Å². The fourth-order valence-corrected chi connectivity index (χ4v) is 4.07. The minimum atomic E-state index is 0.909. The fraction of sp³-hybridized carbons (Fsp3) is 0.0476. The molecule has 0 amide bonds. The molecule has 6 rings (SSSR count). The molecule has 0 saturated heterocycles. The monoisotopic (exact) mass is 323 g/mol. The van der Waals surface area contributed by atoms with Crippen molar-refractivity contribution in [2.45, 2.75) is 6.54 Å². The van der Waals surface area contributed by atoms with Gasteiger partial charge in [-0.1, -0.05) is 36.4 Å². The first kappa shape index (κ1) is 13.0. The number of nitrogens with zero attached hydrogens (tertiary/aromatic N) is 4. The number of benzene rings is 2. The van der Waals surface area contributed by atoms with Crippen LogP contribution < -0.4 is 4.57 Å². The molecule has 0 aliphatic carbocycles.